The highest BCUT2D eigenvalue weighted by Crippen LogP contribution is 2.31. The summed E-state index contributed by atoms with van der Waals surface area (Å²) in [5.74, 6) is 0. The Labute approximate surface area is 164 Å². The molecule has 2 atom stereocenters. The van der Waals surface area contributed by atoms with E-state index in [2.05, 4.69) is 10.2 Å². The van der Waals surface area contributed by atoms with Gasteiger partial charge in [-0.2, -0.15) is 0 Å². The summed E-state index contributed by atoms with van der Waals surface area (Å²) < 4.78 is 11.1. The van der Waals surface area contributed by atoms with Crippen molar-refractivity contribution in [3.05, 3.63) is 28.2 Å². The number of nitrogens with zero attached hydrogens (tertiary/aromatic N) is 1. The fourth-order valence-corrected chi connectivity index (χ4v) is 3.92. The molecule has 5 nitrogen and oxygen atoms in total. The smallest absolute Gasteiger partial charge is 0.412 e. The van der Waals surface area contributed by atoms with Crippen molar-refractivity contribution in [1.82, 2.24) is 4.90 Å². The quantitative estimate of drug-likeness (QED) is 0.792. The number of hydrogen-bond acceptors (Lipinski definition) is 4. The van der Waals surface area contributed by atoms with E-state index in [4.69, 9.17) is 32.7 Å². The number of carbonyl (C=O) groups excluding carboxylic acids is 1. The first-order chi connectivity index (χ1) is 11.6. The zero-order chi connectivity index (χ0) is 16.9. The van der Waals surface area contributed by atoms with Gasteiger partial charge in [-0.3, -0.25) is 10.2 Å². The Morgan fingerprint density at radius 1 is 1.16 bits per heavy atom. The van der Waals surface area contributed by atoms with Gasteiger partial charge in [0.05, 0.1) is 28.9 Å². The molecule has 1 heterocycles. The molecule has 1 aliphatic heterocycles. The zero-order valence-corrected chi connectivity index (χ0v) is 16.2. The highest BCUT2D eigenvalue weighted by Gasteiger charge is 2.33. The van der Waals surface area contributed by atoms with E-state index in [1.807, 2.05) is 0 Å². The summed E-state index contributed by atoms with van der Waals surface area (Å²) in [6.45, 7) is 3.26. The number of carbonyl (C=O) groups is 1. The number of anilines is 1. The molecule has 140 valence electrons. The van der Waals surface area contributed by atoms with Crippen LogP contribution in [0.3, 0.4) is 0 Å². The first-order valence-electron chi connectivity index (χ1n) is 8.38. The van der Waals surface area contributed by atoms with Gasteiger partial charge < -0.3 is 9.47 Å². The van der Waals surface area contributed by atoms with Crippen molar-refractivity contribution >= 4 is 47.4 Å². The molecule has 1 N–H and O–H groups in total. The number of morpholine rings is 1. The maximum atomic E-state index is 12.3. The van der Waals surface area contributed by atoms with E-state index in [0.717, 1.165) is 45.6 Å². The molecule has 2 aliphatic rings. The van der Waals surface area contributed by atoms with Crippen molar-refractivity contribution in [2.24, 2.45) is 0 Å². The van der Waals surface area contributed by atoms with Crippen LogP contribution in [0.5, 0.6) is 0 Å². The van der Waals surface area contributed by atoms with Crippen molar-refractivity contribution in [3.63, 3.8) is 0 Å². The Morgan fingerprint density at radius 2 is 1.80 bits per heavy atom. The number of amides is 1. The van der Waals surface area contributed by atoms with Crippen LogP contribution >= 0.6 is 35.6 Å². The number of para-hydroxylation sites is 1. The molecule has 0 spiro atoms. The molecule has 8 heteroatoms. The summed E-state index contributed by atoms with van der Waals surface area (Å²) in [7, 11) is 0. The van der Waals surface area contributed by atoms with Gasteiger partial charge in [0.1, 0.15) is 6.10 Å². The third kappa shape index (κ3) is 5.38. The van der Waals surface area contributed by atoms with Crippen molar-refractivity contribution in [3.8, 4) is 0 Å². The predicted octanol–water partition coefficient (Wildman–Crippen LogP) is 4.61. The summed E-state index contributed by atoms with van der Waals surface area (Å²) in [5.41, 5.74) is 0.393. The van der Waals surface area contributed by atoms with Crippen LogP contribution in [0.2, 0.25) is 10.0 Å². The van der Waals surface area contributed by atoms with Gasteiger partial charge in [0, 0.05) is 19.1 Å². The van der Waals surface area contributed by atoms with Gasteiger partial charge in [0.15, 0.2) is 0 Å². The van der Waals surface area contributed by atoms with Crippen LogP contribution in [0, 0.1) is 0 Å². The van der Waals surface area contributed by atoms with E-state index in [0.29, 0.717) is 15.7 Å². The van der Waals surface area contributed by atoms with Crippen LogP contribution in [0.1, 0.15) is 25.7 Å². The molecule has 1 saturated heterocycles. The number of nitrogens with one attached hydrogen (secondary N) is 1. The van der Waals surface area contributed by atoms with Crippen LogP contribution < -0.4 is 5.32 Å². The normalized spacial score (nSPS) is 24.2. The predicted molar refractivity (Wildman–Crippen MR) is 102 cm³/mol. The van der Waals surface area contributed by atoms with Crippen molar-refractivity contribution in [2.45, 2.75) is 37.8 Å². The van der Waals surface area contributed by atoms with Gasteiger partial charge in [0.25, 0.3) is 0 Å². The SMILES string of the molecule is Cl.O=C(Nc1c(Cl)cccc1Cl)OC1CCCCC1N1CCOCC1. The molecule has 3 rings (SSSR count). The van der Waals surface area contributed by atoms with Crippen LogP contribution in [-0.2, 0) is 9.47 Å². The molecule has 1 aromatic rings. The average Bonchev–Trinajstić information content (AvgIpc) is 2.60. The lowest BCUT2D eigenvalue weighted by Gasteiger charge is -2.40. The molecule has 1 aromatic carbocycles. The lowest BCUT2D eigenvalue weighted by Crippen LogP contribution is -2.51. The largest absolute Gasteiger partial charge is 0.444 e. The molecule has 25 heavy (non-hydrogen) atoms. The molecule has 0 radical (unpaired) electrons. The molecular weight excluding hydrogens is 387 g/mol. The van der Waals surface area contributed by atoms with Gasteiger partial charge in [-0.15, -0.1) is 12.4 Å². The molecule has 1 amide bonds. The maximum Gasteiger partial charge on any atom is 0.412 e. The minimum absolute atomic E-state index is 0. The fraction of sp³-hybridized carbons (Fsp3) is 0.588. The van der Waals surface area contributed by atoms with Crippen molar-refractivity contribution in [2.75, 3.05) is 31.6 Å². The first kappa shape index (κ1) is 20.6. The second-order valence-electron chi connectivity index (χ2n) is 6.17. The standard InChI is InChI=1S/C17H22Cl2N2O3.ClH/c18-12-4-3-5-13(19)16(12)20-17(22)24-15-7-2-1-6-14(15)21-8-10-23-11-9-21;/h3-5,14-15H,1-2,6-11H2,(H,20,22);1H. The first-order valence-corrected chi connectivity index (χ1v) is 9.14. The third-order valence-corrected chi connectivity index (χ3v) is 5.26. The van der Waals surface area contributed by atoms with Crippen LogP contribution in [0.25, 0.3) is 0 Å². The summed E-state index contributed by atoms with van der Waals surface area (Å²) in [4.78, 5) is 14.7. The zero-order valence-electron chi connectivity index (χ0n) is 13.9. The number of rotatable bonds is 3. The summed E-state index contributed by atoms with van der Waals surface area (Å²) in [5, 5.41) is 3.47. The Balaban J connectivity index is 0.00000225. The van der Waals surface area contributed by atoms with Crippen molar-refractivity contribution in [1.29, 1.82) is 0 Å². The summed E-state index contributed by atoms with van der Waals surface area (Å²) in [6.07, 6.45) is 3.55. The van der Waals surface area contributed by atoms with Gasteiger partial charge in [-0.1, -0.05) is 35.7 Å². The highest BCUT2D eigenvalue weighted by atomic mass is 35.5. The minimum Gasteiger partial charge on any atom is -0.444 e. The molecule has 2 unspecified atom stereocenters. The van der Waals surface area contributed by atoms with E-state index in [1.54, 1.807) is 18.2 Å². The average molecular weight is 410 g/mol. The van der Waals surface area contributed by atoms with Crippen LogP contribution in [0.15, 0.2) is 18.2 Å². The number of benzene rings is 1. The summed E-state index contributed by atoms with van der Waals surface area (Å²) in [6, 6.07) is 5.35. The second kappa shape index (κ2) is 9.83. The lowest BCUT2D eigenvalue weighted by molar-refractivity contribution is -0.0386. The Bertz CT molecular complexity index is 562. The lowest BCUT2D eigenvalue weighted by atomic mass is 9.91. The maximum absolute atomic E-state index is 12.3. The van der Waals surface area contributed by atoms with Crippen molar-refractivity contribution < 1.29 is 14.3 Å². The van der Waals surface area contributed by atoms with E-state index in [-0.39, 0.29) is 24.6 Å². The molecule has 1 saturated carbocycles. The molecule has 2 fully saturated rings. The van der Waals surface area contributed by atoms with Gasteiger partial charge in [-0.25, -0.2) is 4.79 Å². The van der Waals surface area contributed by atoms with Crippen LogP contribution in [0.4, 0.5) is 10.5 Å². The summed E-state index contributed by atoms with van der Waals surface area (Å²) >= 11 is 12.2. The Hall–Kier alpha value is -0.720. The Kier molecular flexibility index (Phi) is 8.10. The monoisotopic (exact) mass is 408 g/mol. The minimum atomic E-state index is -0.504. The topological polar surface area (TPSA) is 50.8 Å². The van der Waals surface area contributed by atoms with Crippen LogP contribution in [-0.4, -0.2) is 49.4 Å². The number of hydrogen-bond donors (Lipinski definition) is 1. The highest BCUT2D eigenvalue weighted by molar-refractivity contribution is 6.39. The van der Waals surface area contributed by atoms with E-state index < -0.39 is 6.09 Å². The number of ether oxygens (including phenoxy) is 2. The Morgan fingerprint density at radius 3 is 2.48 bits per heavy atom. The molecule has 0 aromatic heterocycles. The van der Waals surface area contributed by atoms with Gasteiger partial charge in [0.2, 0.25) is 0 Å². The van der Waals surface area contributed by atoms with Gasteiger partial charge >= 0.3 is 6.09 Å². The van der Waals surface area contributed by atoms with E-state index >= 15 is 0 Å². The van der Waals surface area contributed by atoms with E-state index in [9.17, 15) is 4.79 Å². The van der Waals surface area contributed by atoms with E-state index in [1.165, 1.54) is 6.42 Å². The fourth-order valence-electron chi connectivity index (χ4n) is 3.43. The molecule has 0 bridgehead atoms. The van der Waals surface area contributed by atoms with Gasteiger partial charge in [-0.05, 0) is 31.4 Å². The molecular formula is C17H23Cl3N2O3. The molecule has 1 aliphatic carbocycles. The third-order valence-electron chi connectivity index (χ3n) is 4.63. The second-order valence-corrected chi connectivity index (χ2v) is 6.98. The number of halogens is 3.